The van der Waals surface area contributed by atoms with Crippen molar-refractivity contribution in [2.24, 2.45) is 5.14 Å². The van der Waals surface area contributed by atoms with Crippen LogP contribution in [0.25, 0.3) is 11.4 Å². The lowest BCUT2D eigenvalue weighted by molar-refractivity contribution is 0.341. The second-order valence-corrected chi connectivity index (χ2v) is 9.27. The summed E-state index contributed by atoms with van der Waals surface area (Å²) in [5, 5.41) is 20.0. The number of ether oxygens (including phenoxy) is 2. The average Bonchev–Trinajstić information content (AvgIpc) is 2.83. The Bertz CT molecular complexity index is 1380. The molecule has 5 N–H and O–H groups in total. The van der Waals surface area contributed by atoms with E-state index in [0.29, 0.717) is 42.3 Å². The van der Waals surface area contributed by atoms with Gasteiger partial charge in [0.15, 0.2) is 23.2 Å². The van der Waals surface area contributed by atoms with Gasteiger partial charge in [-0.15, -0.1) is 0 Å². The standard InChI is InChI=1S/C24H29FN6O4S/c1-5-7-18(26)21-22(28-3)24(29-14-8-10-20(34-4)17(25)12-14)31-23(30-21)16-13-15(36(27,32)33)9-11-19(16)35-6-2/h8-13,26,28H,5-7H2,1-4H3,(H2,27,32,33)(H,29,30,31). The Labute approximate surface area is 209 Å². The molecule has 0 amide bonds. The van der Waals surface area contributed by atoms with E-state index in [1.807, 2.05) is 6.92 Å². The Morgan fingerprint density at radius 3 is 2.44 bits per heavy atom. The summed E-state index contributed by atoms with van der Waals surface area (Å²) >= 11 is 0. The molecule has 2 aromatic carbocycles. The van der Waals surface area contributed by atoms with Crippen LogP contribution in [0.15, 0.2) is 41.3 Å². The predicted octanol–water partition coefficient (Wildman–Crippen LogP) is 4.29. The monoisotopic (exact) mass is 516 g/mol. The van der Waals surface area contributed by atoms with E-state index in [0.717, 1.165) is 0 Å². The van der Waals surface area contributed by atoms with E-state index < -0.39 is 15.8 Å². The van der Waals surface area contributed by atoms with Gasteiger partial charge >= 0.3 is 0 Å². The molecule has 0 aliphatic rings. The third-order valence-electron chi connectivity index (χ3n) is 5.18. The Morgan fingerprint density at radius 2 is 1.86 bits per heavy atom. The zero-order valence-electron chi connectivity index (χ0n) is 20.5. The highest BCUT2D eigenvalue weighted by molar-refractivity contribution is 7.89. The molecule has 0 bridgehead atoms. The van der Waals surface area contributed by atoms with Crippen molar-refractivity contribution >= 4 is 32.9 Å². The van der Waals surface area contributed by atoms with Crippen LogP contribution in [0.4, 0.5) is 21.6 Å². The summed E-state index contributed by atoms with van der Waals surface area (Å²) in [6.07, 6.45) is 1.15. The molecule has 0 aliphatic carbocycles. The van der Waals surface area contributed by atoms with Crippen LogP contribution in [-0.2, 0) is 10.0 Å². The second kappa shape index (κ2) is 11.3. The van der Waals surface area contributed by atoms with Gasteiger partial charge in [-0.05, 0) is 43.7 Å². The SMILES string of the molecule is CCCC(=N)c1nc(-c2cc(S(N)(=O)=O)ccc2OCC)nc(Nc2ccc(OC)c(F)c2)c1NC. The second-order valence-electron chi connectivity index (χ2n) is 7.71. The van der Waals surface area contributed by atoms with E-state index in [1.54, 1.807) is 20.0 Å². The smallest absolute Gasteiger partial charge is 0.238 e. The fourth-order valence-corrected chi connectivity index (χ4v) is 4.06. The van der Waals surface area contributed by atoms with Crippen molar-refractivity contribution in [3.63, 3.8) is 0 Å². The summed E-state index contributed by atoms with van der Waals surface area (Å²) in [6, 6.07) is 8.50. The fourth-order valence-electron chi connectivity index (χ4n) is 3.52. The zero-order valence-corrected chi connectivity index (χ0v) is 21.3. The van der Waals surface area contributed by atoms with Gasteiger partial charge in [-0.2, -0.15) is 0 Å². The highest BCUT2D eigenvalue weighted by Crippen LogP contribution is 2.35. The summed E-state index contributed by atoms with van der Waals surface area (Å²) in [5.41, 5.74) is 1.64. The molecule has 10 nitrogen and oxygen atoms in total. The minimum atomic E-state index is -4.02. The van der Waals surface area contributed by atoms with Crippen molar-refractivity contribution in [2.75, 3.05) is 31.4 Å². The number of nitrogens with one attached hydrogen (secondary N) is 3. The lowest BCUT2D eigenvalue weighted by Crippen LogP contribution is -2.14. The van der Waals surface area contributed by atoms with Gasteiger partial charge in [0.2, 0.25) is 10.0 Å². The molecule has 0 fully saturated rings. The number of methoxy groups -OCH3 is 1. The number of nitrogens with zero attached hydrogens (tertiary/aromatic N) is 2. The third kappa shape index (κ3) is 5.89. The summed E-state index contributed by atoms with van der Waals surface area (Å²) in [6.45, 7) is 4.04. The van der Waals surface area contributed by atoms with Crippen LogP contribution in [0, 0.1) is 11.2 Å². The number of anilines is 3. The quantitative estimate of drug-likeness (QED) is 0.275. The lowest BCUT2D eigenvalue weighted by atomic mass is 10.1. The first kappa shape index (κ1) is 26.8. The minimum Gasteiger partial charge on any atom is -0.494 e. The first-order valence-electron chi connectivity index (χ1n) is 11.2. The zero-order chi connectivity index (χ0) is 26.5. The van der Waals surface area contributed by atoms with E-state index in [9.17, 15) is 12.8 Å². The molecule has 0 atom stereocenters. The summed E-state index contributed by atoms with van der Waals surface area (Å²) < 4.78 is 49.1. The molecule has 0 spiro atoms. The maximum Gasteiger partial charge on any atom is 0.238 e. The van der Waals surface area contributed by atoms with Gasteiger partial charge in [0.25, 0.3) is 0 Å². The largest absolute Gasteiger partial charge is 0.494 e. The van der Waals surface area contributed by atoms with Gasteiger partial charge in [0.1, 0.15) is 17.1 Å². The molecule has 0 unspecified atom stereocenters. The number of benzene rings is 2. The van der Waals surface area contributed by atoms with Crippen LogP contribution in [0.2, 0.25) is 0 Å². The normalized spacial score (nSPS) is 11.2. The highest BCUT2D eigenvalue weighted by atomic mass is 32.2. The van der Waals surface area contributed by atoms with E-state index in [-0.39, 0.29) is 33.6 Å². The van der Waals surface area contributed by atoms with E-state index in [2.05, 4.69) is 20.6 Å². The van der Waals surface area contributed by atoms with Gasteiger partial charge in [-0.3, -0.25) is 0 Å². The van der Waals surface area contributed by atoms with Crippen LogP contribution < -0.4 is 25.2 Å². The average molecular weight is 517 g/mol. The first-order valence-corrected chi connectivity index (χ1v) is 12.8. The molecule has 0 radical (unpaired) electrons. The van der Waals surface area contributed by atoms with Gasteiger partial charge in [0, 0.05) is 18.8 Å². The maximum absolute atomic E-state index is 14.3. The number of rotatable bonds is 11. The molecule has 36 heavy (non-hydrogen) atoms. The molecule has 12 heteroatoms. The molecule has 0 saturated heterocycles. The fraction of sp³-hybridized carbons (Fsp3) is 0.292. The first-order chi connectivity index (χ1) is 17.1. The van der Waals surface area contributed by atoms with E-state index >= 15 is 0 Å². The van der Waals surface area contributed by atoms with Crippen molar-refractivity contribution in [3.05, 3.63) is 47.9 Å². The molecule has 1 heterocycles. The minimum absolute atomic E-state index is 0.0874. The number of primary sulfonamides is 1. The number of hydrogen-bond acceptors (Lipinski definition) is 9. The van der Waals surface area contributed by atoms with Gasteiger partial charge < -0.3 is 25.5 Å². The summed E-state index contributed by atoms with van der Waals surface area (Å²) in [5.74, 6) is 0.226. The van der Waals surface area contributed by atoms with Crippen LogP contribution in [0.3, 0.4) is 0 Å². The third-order valence-corrected chi connectivity index (χ3v) is 6.09. The molecular formula is C24H29FN6O4S. The van der Waals surface area contributed by atoms with Gasteiger partial charge in [-0.1, -0.05) is 13.3 Å². The molecule has 3 rings (SSSR count). The Balaban J connectivity index is 2.27. The van der Waals surface area contributed by atoms with E-state index in [4.69, 9.17) is 20.0 Å². The maximum atomic E-state index is 14.3. The van der Waals surface area contributed by atoms with Gasteiger partial charge in [-0.25, -0.2) is 27.9 Å². The lowest BCUT2D eigenvalue weighted by Gasteiger charge is -2.18. The number of halogens is 1. The summed E-state index contributed by atoms with van der Waals surface area (Å²) in [4.78, 5) is 9.06. The Morgan fingerprint density at radius 1 is 1.14 bits per heavy atom. The van der Waals surface area contributed by atoms with Crippen molar-refractivity contribution < 1.29 is 22.3 Å². The highest BCUT2D eigenvalue weighted by Gasteiger charge is 2.22. The van der Waals surface area contributed by atoms with Crippen molar-refractivity contribution in [3.8, 4) is 22.9 Å². The molecule has 192 valence electrons. The van der Waals surface area contributed by atoms with Crippen LogP contribution in [-0.4, -0.2) is 44.9 Å². The van der Waals surface area contributed by atoms with E-state index in [1.165, 1.54) is 37.4 Å². The molecule has 3 aromatic rings. The van der Waals surface area contributed by atoms with Crippen molar-refractivity contribution in [2.45, 2.75) is 31.6 Å². The molecule has 0 aliphatic heterocycles. The Kier molecular flexibility index (Phi) is 8.43. The van der Waals surface area contributed by atoms with Crippen LogP contribution in [0.1, 0.15) is 32.4 Å². The van der Waals surface area contributed by atoms with Crippen molar-refractivity contribution in [1.29, 1.82) is 5.41 Å². The number of aromatic nitrogens is 2. The molecule has 0 saturated carbocycles. The number of hydrogen-bond donors (Lipinski definition) is 4. The molecule has 1 aromatic heterocycles. The van der Waals surface area contributed by atoms with Crippen LogP contribution >= 0.6 is 0 Å². The van der Waals surface area contributed by atoms with Gasteiger partial charge in [0.05, 0.1) is 29.9 Å². The Hall–Kier alpha value is -3.77. The number of sulfonamides is 1. The van der Waals surface area contributed by atoms with Crippen LogP contribution in [0.5, 0.6) is 11.5 Å². The molecular weight excluding hydrogens is 487 g/mol. The number of nitrogens with two attached hydrogens (primary N) is 1. The topological polar surface area (TPSA) is 152 Å². The van der Waals surface area contributed by atoms with Crippen molar-refractivity contribution in [1.82, 2.24) is 9.97 Å². The predicted molar refractivity (Wildman–Crippen MR) is 138 cm³/mol. The summed E-state index contributed by atoms with van der Waals surface area (Å²) in [7, 11) is -0.983.